The highest BCUT2D eigenvalue weighted by atomic mass is 16.5. The number of carbonyl (C=O) groups is 3. The molecule has 0 radical (unpaired) electrons. The van der Waals surface area contributed by atoms with Gasteiger partial charge < -0.3 is 20.5 Å². The van der Waals surface area contributed by atoms with Gasteiger partial charge in [-0.25, -0.2) is 15.0 Å². The van der Waals surface area contributed by atoms with Gasteiger partial charge >= 0.3 is 18.1 Å². The third-order valence-electron chi connectivity index (χ3n) is 7.25. The molecule has 0 saturated heterocycles. The third-order valence-corrected chi connectivity index (χ3v) is 7.25. The van der Waals surface area contributed by atoms with E-state index in [1.54, 1.807) is 0 Å². The first-order valence-corrected chi connectivity index (χ1v) is 12.9. The number of benzene rings is 2. The second kappa shape index (κ2) is 12.4. The number of ether oxygens (including phenoxy) is 1. The quantitative estimate of drug-likeness (QED) is 0.294. The SMILES string of the molecule is CC[C@@H](/C=N\NC(=O)NCC1CCC(C(=O)O)CC1)NC(=O)OCC1c2ccccc2-c2ccccc21. The van der Waals surface area contributed by atoms with E-state index >= 15 is 0 Å². The maximum Gasteiger partial charge on any atom is 0.407 e. The molecule has 0 aromatic heterocycles. The zero-order valence-corrected chi connectivity index (χ0v) is 21.0. The molecule has 4 rings (SSSR count). The van der Waals surface area contributed by atoms with Crippen LogP contribution in [0.15, 0.2) is 53.6 Å². The number of carboxylic acid groups (broad SMARTS) is 1. The zero-order chi connectivity index (χ0) is 26.2. The number of hydrogen-bond donors (Lipinski definition) is 4. The van der Waals surface area contributed by atoms with Gasteiger partial charge in [-0.05, 0) is 60.3 Å². The predicted molar refractivity (Wildman–Crippen MR) is 140 cm³/mol. The van der Waals surface area contributed by atoms with E-state index in [2.05, 4.69) is 45.4 Å². The number of alkyl carbamates (subject to hydrolysis) is 1. The van der Waals surface area contributed by atoms with E-state index in [0.29, 0.717) is 25.8 Å². The molecule has 0 unspecified atom stereocenters. The van der Waals surface area contributed by atoms with Crippen LogP contribution in [0.1, 0.15) is 56.1 Å². The van der Waals surface area contributed by atoms with Gasteiger partial charge in [0, 0.05) is 18.7 Å². The van der Waals surface area contributed by atoms with Crippen LogP contribution in [0.25, 0.3) is 11.1 Å². The zero-order valence-electron chi connectivity index (χ0n) is 21.0. The predicted octanol–water partition coefficient (Wildman–Crippen LogP) is 4.48. The fourth-order valence-electron chi connectivity index (χ4n) is 5.11. The number of nitrogens with zero attached hydrogens (tertiary/aromatic N) is 1. The molecule has 0 bridgehead atoms. The number of fused-ring (bicyclic) bond motifs is 3. The van der Waals surface area contributed by atoms with Gasteiger partial charge in [0.1, 0.15) is 6.61 Å². The lowest BCUT2D eigenvalue weighted by atomic mass is 9.82. The van der Waals surface area contributed by atoms with Crippen LogP contribution in [-0.4, -0.2) is 48.6 Å². The normalized spacial score (nSPS) is 19.5. The molecule has 4 N–H and O–H groups in total. The van der Waals surface area contributed by atoms with E-state index < -0.39 is 24.1 Å². The molecule has 0 heterocycles. The van der Waals surface area contributed by atoms with E-state index in [1.807, 2.05) is 31.2 Å². The minimum absolute atomic E-state index is 0.0172. The maximum absolute atomic E-state index is 12.5. The summed E-state index contributed by atoms with van der Waals surface area (Å²) in [4.78, 5) is 35.6. The van der Waals surface area contributed by atoms with E-state index in [0.717, 1.165) is 24.0 Å². The number of amides is 3. The summed E-state index contributed by atoms with van der Waals surface area (Å²) in [5.74, 6) is -0.763. The van der Waals surface area contributed by atoms with Crippen LogP contribution >= 0.6 is 0 Å². The van der Waals surface area contributed by atoms with Crippen molar-refractivity contribution in [3.63, 3.8) is 0 Å². The number of hydrazone groups is 1. The molecule has 1 atom stereocenters. The van der Waals surface area contributed by atoms with Crippen LogP contribution < -0.4 is 16.1 Å². The summed E-state index contributed by atoms with van der Waals surface area (Å²) in [6.45, 7) is 2.60. The second-order valence-corrected chi connectivity index (χ2v) is 9.64. The Balaban J connectivity index is 1.19. The fraction of sp³-hybridized carbons (Fsp3) is 0.429. The number of carbonyl (C=O) groups excluding carboxylic acids is 2. The van der Waals surface area contributed by atoms with Crippen LogP contribution in [0.2, 0.25) is 0 Å². The molecule has 9 heteroatoms. The lowest BCUT2D eigenvalue weighted by Gasteiger charge is -2.25. The third kappa shape index (κ3) is 6.67. The van der Waals surface area contributed by atoms with Gasteiger partial charge in [0.25, 0.3) is 0 Å². The summed E-state index contributed by atoms with van der Waals surface area (Å²) in [7, 11) is 0. The molecule has 3 amide bonds. The van der Waals surface area contributed by atoms with Crippen LogP contribution in [0.5, 0.6) is 0 Å². The van der Waals surface area contributed by atoms with Crippen molar-refractivity contribution in [2.24, 2.45) is 16.9 Å². The monoisotopic (exact) mass is 506 g/mol. The van der Waals surface area contributed by atoms with Crippen LogP contribution in [-0.2, 0) is 9.53 Å². The second-order valence-electron chi connectivity index (χ2n) is 9.64. The van der Waals surface area contributed by atoms with Crippen LogP contribution in [0.3, 0.4) is 0 Å². The molecular formula is C28H34N4O5. The molecule has 2 aliphatic rings. The summed E-state index contributed by atoms with van der Waals surface area (Å²) < 4.78 is 5.58. The van der Waals surface area contributed by atoms with Gasteiger partial charge in [-0.3, -0.25) is 4.79 Å². The highest BCUT2D eigenvalue weighted by molar-refractivity contribution is 5.80. The van der Waals surface area contributed by atoms with Crippen molar-refractivity contribution < 1.29 is 24.2 Å². The van der Waals surface area contributed by atoms with E-state index in [4.69, 9.17) is 9.84 Å². The van der Waals surface area contributed by atoms with Gasteiger partial charge in [-0.2, -0.15) is 5.10 Å². The topological polar surface area (TPSA) is 129 Å². The Labute approximate surface area is 216 Å². The largest absolute Gasteiger partial charge is 0.481 e. The summed E-state index contributed by atoms with van der Waals surface area (Å²) in [6.07, 6.45) is 4.34. The van der Waals surface area contributed by atoms with Gasteiger partial charge in [0.15, 0.2) is 0 Å². The average molecular weight is 507 g/mol. The Morgan fingerprint density at radius 3 is 2.24 bits per heavy atom. The van der Waals surface area contributed by atoms with Gasteiger partial charge in [-0.1, -0.05) is 55.5 Å². The number of aliphatic carboxylic acids is 1. The Morgan fingerprint density at radius 1 is 1.03 bits per heavy atom. The first-order valence-electron chi connectivity index (χ1n) is 12.9. The number of urea groups is 1. The van der Waals surface area contributed by atoms with Gasteiger partial charge in [0.2, 0.25) is 0 Å². The molecule has 1 saturated carbocycles. The molecule has 2 aromatic rings. The molecule has 0 aliphatic heterocycles. The van der Waals surface area contributed by atoms with Crippen LogP contribution in [0.4, 0.5) is 9.59 Å². The Morgan fingerprint density at radius 2 is 1.65 bits per heavy atom. The minimum Gasteiger partial charge on any atom is -0.481 e. The molecular weight excluding hydrogens is 472 g/mol. The van der Waals surface area contributed by atoms with Gasteiger partial charge in [-0.15, -0.1) is 0 Å². The van der Waals surface area contributed by atoms with Crippen molar-refractivity contribution in [2.75, 3.05) is 13.2 Å². The minimum atomic E-state index is -0.740. The lowest BCUT2D eigenvalue weighted by Crippen LogP contribution is -2.39. The summed E-state index contributed by atoms with van der Waals surface area (Å²) in [5, 5.41) is 18.6. The van der Waals surface area contributed by atoms with Gasteiger partial charge in [0.05, 0.1) is 12.0 Å². The standard InChI is InChI=1S/C28H34N4O5/c1-2-20(16-30-32-27(35)29-15-18-11-13-19(14-12-18)26(33)34)31-28(36)37-17-25-23-9-5-3-7-21(23)22-8-4-6-10-24(22)25/h3-10,16,18-20,25H,2,11-15,17H2,1H3,(H,31,36)(H,33,34)(H2,29,32,35)/b30-16-/t18?,19?,20-/m0/s1. The Hall–Kier alpha value is -3.88. The molecule has 196 valence electrons. The smallest absolute Gasteiger partial charge is 0.407 e. The van der Waals surface area contributed by atoms with Crippen LogP contribution in [0, 0.1) is 11.8 Å². The first kappa shape index (κ1) is 26.2. The Kier molecular flexibility index (Phi) is 8.77. The van der Waals surface area contributed by atoms with Crippen molar-refractivity contribution in [3.8, 4) is 11.1 Å². The van der Waals surface area contributed by atoms with E-state index in [1.165, 1.54) is 17.3 Å². The highest BCUT2D eigenvalue weighted by Crippen LogP contribution is 2.44. The number of rotatable bonds is 9. The summed E-state index contributed by atoms with van der Waals surface area (Å²) in [5.41, 5.74) is 7.05. The number of carboxylic acids is 1. The maximum atomic E-state index is 12.5. The van der Waals surface area contributed by atoms with Crippen molar-refractivity contribution in [2.45, 2.75) is 51.0 Å². The first-order chi connectivity index (χ1) is 18.0. The van der Waals surface area contributed by atoms with Crippen molar-refractivity contribution in [1.82, 2.24) is 16.1 Å². The fourth-order valence-corrected chi connectivity index (χ4v) is 5.11. The molecule has 0 spiro atoms. The molecule has 9 nitrogen and oxygen atoms in total. The Bertz CT molecular complexity index is 1100. The van der Waals surface area contributed by atoms with Crippen molar-refractivity contribution >= 4 is 24.3 Å². The molecule has 2 aliphatic carbocycles. The molecule has 1 fully saturated rings. The highest BCUT2D eigenvalue weighted by Gasteiger charge is 2.29. The van der Waals surface area contributed by atoms with E-state index in [-0.39, 0.29) is 24.4 Å². The summed E-state index contributed by atoms with van der Waals surface area (Å²) >= 11 is 0. The van der Waals surface area contributed by atoms with Crippen molar-refractivity contribution in [3.05, 3.63) is 59.7 Å². The number of hydrogen-bond acceptors (Lipinski definition) is 5. The average Bonchev–Trinajstić information content (AvgIpc) is 3.24. The lowest BCUT2D eigenvalue weighted by molar-refractivity contribution is -0.143. The molecule has 37 heavy (non-hydrogen) atoms. The number of nitrogens with one attached hydrogen (secondary N) is 3. The molecule has 2 aromatic carbocycles. The van der Waals surface area contributed by atoms with Crippen molar-refractivity contribution in [1.29, 1.82) is 0 Å². The van der Waals surface area contributed by atoms with E-state index in [9.17, 15) is 14.4 Å². The summed E-state index contributed by atoms with van der Waals surface area (Å²) in [6, 6.07) is 15.5.